The summed E-state index contributed by atoms with van der Waals surface area (Å²) in [6.07, 6.45) is 5.53. The second-order valence-electron chi connectivity index (χ2n) is 8.20. The average Bonchev–Trinajstić information content (AvgIpc) is 3.34. The van der Waals surface area contributed by atoms with Crippen LogP contribution in [0.1, 0.15) is 24.8 Å². The highest BCUT2D eigenvalue weighted by atomic mass is 19.1. The van der Waals surface area contributed by atoms with Crippen LogP contribution in [0.15, 0.2) is 59.3 Å². The fraction of sp³-hybridized carbons (Fsp3) is 0.375. The van der Waals surface area contributed by atoms with Crippen molar-refractivity contribution < 1.29 is 13.6 Å². The van der Waals surface area contributed by atoms with E-state index in [-0.39, 0.29) is 11.8 Å². The van der Waals surface area contributed by atoms with Crippen molar-refractivity contribution in [1.29, 1.82) is 0 Å². The Morgan fingerprint density at radius 2 is 2.09 bits per heavy atom. The summed E-state index contributed by atoms with van der Waals surface area (Å²) in [5.41, 5.74) is 2.61. The van der Waals surface area contributed by atoms with E-state index in [0.717, 1.165) is 38.0 Å². The molecule has 168 valence electrons. The number of hydrogen-bond donors (Lipinski definition) is 2. The van der Waals surface area contributed by atoms with Gasteiger partial charge >= 0.3 is 6.03 Å². The highest BCUT2D eigenvalue weighted by Gasteiger charge is 2.20. The molecular formula is C24H28FN5O2. The van der Waals surface area contributed by atoms with E-state index in [9.17, 15) is 9.18 Å². The molecule has 1 saturated heterocycles. The van der Waals surface area contributed by atoms with Crippen LogP contribution < -0.4 is 10.6 Å². The molecule has 0 unspecified atom stereocenters. The highest BCUT2D eigenvalue weighted by molar-refractivity contribution is 5.89. The topological polar surface area (TPSA) is 83.3 Å². The number of rotatable bonds is 8. The standard InChI is InChI=1S/C24H28FN5O2/c25-21-9-7-18(8-10-21)14-19-4-2-12-30(16-19)13-3-11-26-24(31)28-22-6-1-5-20(15-22)23-29-27-17-32-23/h1,5-10,15,17,19H,2-4,11-14,16H2,(H2,26,28,31)/t19-/m0/s1. The Bertz CT molecular complexity index is 994. The van der Waals surface area contributed by atoms with Gasteiger partial charge in [0.15, 0.2) is 0 Å². The third-order valence-electron chi connectivity index (χ3n) is 5.70. The number of piperidine rings is 1. The van der Waals surface area contributed by atoms with Crippen LogP contribution in [0.25, 0.3) is 11.5 Å². The van der Waals surface area contributed by atoms with Crippen molar-refractivity contribution in [1.82, 2.24) is 20.4 Å². The lowest BCUT2D eigenvalue weighted by atomic mass is 9.91. The Morgan fingerprint density at radius 3 is 2.91 bits per heavy atom. The van der Waals surface area contributed by atoms with Crippen molar-refractivity contribution in [2.45, 2.75) is 25.7 Å². The van der Waals surface area contributed by atoms with Gasteiger partial charge in [-0.3, -0.25) is 0 Å². The van der Waals surface area contributed by atoms with Gasteiger partial charge in [-0.15, -0.1) is 10.2 Å². The lowest BCUT2D eigenvalue weighted by molar-refractivity contribution is 0.172. The van der Waals surface area contributed by atoms with Crippen molar-refractivity contribution in [3.8, 4) is 11.5 Å². The summed E-state index contributed by atoms with van der Waals surface area (Å²) in [6, 6.07) is 13.9. The molecule has 0 bridgehead atoms. The molecule has 1 atom stereocenters. The molecule has 0 radical (unpaired) electrons. The van der Waals surface area contributed by atoms with E-state index in [1.54, 1.807) is 6.07 Å². The summed E-state index contributed by atoms with van der Waals surface area (Å²) in [4.78, 5) is 14.7. The second-order valence-corrected chi connectivity index (χ2v) is 8.20. The molecule has 2 heterocycles. The van der Waals surface area contributed by atoms with Crippen LogP contribution >= 0.6 is 0 Å². The number of carbonyl (C=O) groups is 1. The van der Waals surface area contributed by atoms with Crippen LogP contribution in [0.4, 0.5) is 14.9 Å². The number of urea groups is 1. The first-order chi connectivity index (χ1) is 15.7. The fourth-order valence-corrected chi connectivity index (χ4v) is 4.18. The van der Waals surface area contributed by atoms with E-state index in [4.69, 9.17) is 4.42 Å². The Kier molecular flexibility index (Phi) is 7.45. The van der Waals surface area contributed by atoms with E-state index in [2.05, 4.69) is 25.7 Å². The molecule has 7 nitrogen and oxygen atoms in total. The van der Waals surface area contributed by atoms with Gasteiger partial charge in [-0.2, -0.15) is 0 Å². The summed E-state index contributed by atoms with van der Waals surface area (Å²) in [5.74, 6) is 0.819. The predicted molar refractivity (Wildman–Crippen MR) is 121 cm³/mol. The van der Waals surface area contributed by atoms with Gasteiger partial charge in [0.2, 0.25) is 12.3 Å². The third-order valence-corrected chi connectivity index (χ3v) is 5.70. The first-order valence-electron chi connectivity index (χ1n) is 11.0. The number of likely N-dealkylation sites (tertiary alicyclic amines) is 1. The molecule has 8 heteroatoms. The third kappa shape index (κ3) is 6.37. The summed E-state index contributed by atoms with van der Waals surface area (Å²) in [5, 5.41) is 13.3. The SMILES string of the molecule is O=C(NCCCN1CCC[C@@H](Cc2ccc(F)cc2)C1)Nc1cccc(-c2nnco2)c1. The zero-order valence-corrected chi connectivity index (χ0v) is 18.0. The van der Waals surface area contributed by atoms with E-state index in [1.165, 1.54) is 36.9 Å². The molecule has 1 aliphatic heterocycles. The molecule has 2 aromatic carbocycles. The van der Waals surface area contributed by atoms with Gasteiger partial charge in [0, 0.05) is 24.3 Å². The van der Waals surface area contributed by atoms with Crippen molar-refractivity contribution in [2.24, 2.45) is 5.92 Å². The number of nitrogens with one attached hydrogen (secondary N) is 2. The van der Waals surface area contributed by atoms with Gasteiger partial charge in [-0.1, -0.05) is 18.2 Å². The number of amides is 2. The monoisotopic (exact) mass is 437 g/mol. The van der Waals surface area contributed by atoms with Gasteiger partial charge in [0.1, 0.15) is 5.82 Å². The van der Waals surface area contributed by atoms with Crippen LogP contribution in [0, 0.1) is 11.7 Å². The number of carbonyl (C=O) groups excluding carboxylic acids is 1. The molecule has 0 saturated carbocycles. The first-order valence-corrected chi connectivity index (χ1v) is 11.0. The van der Waals surface area contributed by atoms with Crippen molar-refractivity contribution in [3.63, 3.8) is 0 Å². The number of halogens is 1. The van der Waals surface area contributed by atoms with Gasteiger partial charge in [0.25, 0.3) is 0 Å². The normalized spacial score (nSPS) is 16.6. The summed E-state index contributed by atoms with van der Waals surface area (Å²) in [7, 11) is 0. The van der Waals surface area contributed by atoms with Crippen LogP contribution in [-0.2, 0) is 6.42 Å². The van der Waals surface area contributed by atoms with E-state index in [0.29, 0.717) is 24.0 Å². The Balaban J connectivity index is 1.16. The Hall–Kier alpha value is -3.26. The molecule has 2 N–H and O–H groups in total. The Labute approximate surface area is 187 Å². The molecule has 2 amide bonds. The summed E-state index contributed by atoms with van der Waals surface area (Å²) in [6.45, 7) is 3.70. The maximum Gasteiger partial charge on any atom is 0.319 e. The molecule has 1 aliphatic rings. The number of aromatic nitrogens is 2. The molecular weight excluding hydrogens is 409 g/mol. The smallest absolute Gasteiger partial charge is 0.319 e. The van der Waals surface area contributed by atoms with Crippen LogP contribution in [-0.4, -0.2) is 47.3 Å². The second kappa shape index (κ2) is 10.9. The molecule has 0 spiro atoms. The van der Waals surface area contributed by atoms with Crippen LogP contribution in [0.2, 0.25) is 0 Å². The fourth-order valence-electron chi connectivity index (χ4n) is 4.18. The van der Waals surface area contributed by atoms with Crippen LogP contribution in [0.3, 0.4) is 0 Å². The number of anilines is 1. The zero-order chi connectivity index (χ0) is 22.2. The van der Waals surface area contributed by atoms with Gasteiger partial charge in [-0.25, -0.2) is 9.18 Å². The van der Waals surface area contributed by atoms with Crippen molar-refractivity contribution in [2.75, 3.05) is 31.5 Å². The average molecular weight is 438 g/mol. The number of nitrogens with zero attached hydrogens (tertiary/aromatic N) is 3. The van der Waals surface area contributed by atoms with Gasteiger partial charge < -0.3 is 20.0 Å². The van der Waals surface area contributed by atoms with E-state index >= 15 is 0 Å². The lowest BCUT2D eigenvalue weighted by Gasteiger charge is -2.32. The molecule has 4 rings (SSSR count). The maximum absolute atomic E-state index is 13.1. The minimum atomic E-state index is -0.236. The molecule has 1 aromatic heterocycles. The number of hydrogen-bond acceptors (Lipinski definition) is 5. The van der Waals surface area contributed by atoms with Crippen LogP contribution in [0.5, 0.6) is 0 Å². The predicted octanol–water partition coefficient (Wildman–Crippen LogP) is 4.34. The molecule has 1 fully saturated rings. The van der Waals surface area contributed by atoms with Crippen molar-refractivity contribution >= 4 is 11.7 Å². The minimum absolute atomic E-state index is 0.185. The molecule has 0 aliphatic carbocycles. The van der Waals surface area contributed by atoms with Crippen molar-refractivity contribution in [3.05, 3.63) is 66.3 Å². The van der Waals surface area contributed by atoms with E-state index < -0.39 is 0 Å². The highest BCUT2D eigenvalue weighted by Crippen LogP contribution is 2.22. The maximum atomic E-state index is 13.1. The minimum Gasteiger partial charge on any atom is -0.423 e. The summed E-state index contributed by atoms with van der Waals surface area (Å²) < 4.78 is 18.3. The van der Waals surface area contributed by atoms with Gasteiger partial charge in [-0.05, 0) is 80.6 Å². The molecule has 3 aromatic rings. The zero-order valence-electron chi connectivity index (χ0n) is 18.0. The first kappa shape index (κ1) is 22.0. The number of benzene rings is 2. The largest absolute Gasteiger partial charge is 0.423 e. The lowest BCUT2D eigenvalue weighted by Crippen LogP contribution is -2.38. The van der Waals surface area contributed by atoms with Gasteiger partial charge in [0.05, 0.1) is 0 Å². The Morgan fingerprint density at radius 1 is 1.22 bits per heavy atom. The quantitative estimate of drug-likeness (QED) is 0.512. The van der Waals surface area contributed by atoms with E-state index in [1.807, 2.05) is 30.3 Å². The summed E-state index contributed by atoms with van der Waals surface area (Å²) >= 11 is 0. The molecule has 32 heavy (non-hydrogen) atoms.